The number of hydrogen-bond donors (Lipinski definition) is 2. The van der Waals surface area contributed by atoms with Crippen molar-refractivity contribution in [3.8, 4) is 5.75 Å². The van der Waals surface area contributed by atoms with Gasteiger partial charge in [-0.25, -0.2) is 5.53 Å². The molecule has 1 fully saturated rings. The number of ether oxygens (including phenoxy) is 1. The molecule has 7 nitrogen and oxygen atoms in total. The molecular formula is C21H27N5O2. The Labute approximate surface area is 165 Å². The number of rotatable bonds is 6. The van der Waals surface area contributed by atoms with Crippen molar-refractivity contribution in [1.82, 2.24) is 15.4 Å². The van der Waals surface area contributed by atoms with Crippen LogP contribution < -0.4 is 25.7 Å². The molecule has 0 amide bonds. The van der Waals surface area contributed by atoms with Gasteiger partial charge >= 0.3 is 0 Å². The van der Waals surface area contributed by atoms with Crippen molar-refractivity contribution in [3.63, 3.8) is 0 Å². The number of fused-ring (bicyclic) bond motifs is 1. The SMILES string of the molecule is COc1ccccc1N1CCN(CC(O)CN2C=c3ccccc3=NN2)CC1. The molecule has 0 spiro atoms. The van der Waals surface area contributed by atoms with Crippen molar-refractivity contribution in [2.45, 2.75) is 6.10 Å². The quantitative estimate of drug-likeness (QED) is 0.733. The summed E-state index contributed by atoms with van der Waals surface area (Å²) in [6.07, 6.45) is 1.53. The Kier molecular flexibility index (Phi) is 5.64. The summed E-state index contributed by atoms with van der Waals surface area (Å²) >= 11 is 0. The van der Waals surface area contributed by atoms with Crippen LogP contribution in [0.5, 0.6) is 5.75 Å². The van der Waals surface area contributed by atoms with Gasteiger partial charge in [0.2, 0.25) is 0 Å². The Morgan fingerprint density at radius 2 is 1.79 bits per heavy atom. The third-order valence-corrected chi connectivity index (χ3v) is 5.21. The van der Waals surface area contributed by atoms with Gasteiger partial charge in [-0.2, -0.15) is 5.10 Å². The van der Waals surface area contributed by atoms with E-state index in [9.17, 15) is 5.11 Å². The second-order valence-electron chi connectivity index (χ2n) is 7.17. The highest BCUT2D eigenvalue weighted by molar-refractivity contribution is 5.58. The number of methoxy groups -OCH3 is 1. The van der Waals surface area contributed by atoms with Gasteiger partial charge in [-0.3, -0.25) is 9.91 Å². The molecule has 1 unspecified atom stereocenters. The summed E-state index contributed by atoms with van der Waals surface area (Å²) in [4.78, 5) is 4.66. The highest BCUT2D eigenvalue weighted by Crippen LogP contribution is 2.28. The topological polar surface area (TPSA) is 63.6 Å². The fourth-order valence-corrected chi connectivity index (χ4v) is 3.75. The molecule has 2 heterocycles. The smallest absolute Gasteiger partial charge is 0.142 e. The summed E-state index contributed by atoms with van der Waals surface area (Å²) in [5.74, 6) is 0.909. The lowest BCUT2D eigenvalue weighted by Gasteiger charge is -2.37. The van der Waals surface area contributed by atoms with Gasteiger partial charge in [0.05, 0.1) is 30.8 Å². The number of β-amino-alcohol motifs (C(OH)–C–C–N with tert-alkyl or cyclic N) is 1. The molecule has 1 saturated heterocycles. The van der Waals surface area contributed by atoms with Crippen molar-refractivity contribution in [1.29, 1.82) is 0 Å². The van der Waals surface area contributed by atoms with Crippen molar-refractivity contribution in [2.24, 2.45) is 5.10 Å². The number of nitrogens with zero attached hydrogens (tertiary/aromatic N) is 4. The summed E-state index contributed by atoms with van der Waals surface area (Å²) < 4.78 is 5.48. The van der Waals surface area contributed by atoms with Crippen LogP contribution in [0.4, 0.5) is 5.69 Å². The predicted molar refractivity (Wildman–Crippen MR) is 109 cm³/mol. The fraction of sp³-hybridized carbons (Fsp3) is 0.381. The zero-order valence-electron chi connectivity index (χ0n) is 16.2. The predicted octanol–water partition coefficient (Wildman–Crippen LogP) is -0.0289. The van der Waals surface area contributed by atoms with Gasteiger partial charge in [0.15, 0.2) is 0 Å². The molecule has 4 rings (SSSR count). The van der Waals surface area contributed by atoms with E-state index >= 15 is 0 Å². The first-order valence-corrected chi connectivity index (χ1v) is 9.68. The number of aliphatic hydroxyl groups is 1. The number of hydrazine groups is 1. The minimum absolute atomic E-state index is 0.456. The van der Waals surface area contributed by atoms with Gasteiger partial charge < -0.3 is 14.7 Å². The third kappa shape index (κ3) is 4.21. The Balaban J connectivity index is 1.29. The lowest BCUT2D eigenvalue weighted by Crippen LogP contribution is -2.51. The largest absolute Gasteiger partial charge is 0.495 e. The maximum atomic E-state index is 10.5. The monoisotopic (exact) mass is 381 g/mol. The Morgan fingerprint density at radius 3 is 2.61 bits per heavy atom. The van der Waals surface area contributed by atoms with Gasteiger partial charge in [-0.15, -0.1) is 0 Å². The van der Waals surface area contributed by atoms with Gasteiger partial charge in [0.1, 0.15) is 5.75 Å². The van der Waals surface area contributed by atoms with Crippen LogP contribution in [-0.2, 0) is 0 Å². The van der Waals surface area contributed by atoms with E-state index < -0.39 is 6.10 Å². The molecule has 0 aliphatic carbocycles. The standard InChI is InChI=1S/C21H27N5O2/c1-28-21-9-5-4-8-20(21)25-12-10-24(11-13-25)15-18(27)16-26-14-17-6-2-3-7-19(17)22-23-26/h2-9,14,18,23,27H,10-13,15-16H2,1H3. The minimum atomic E-state index is -0.456. The summed E-state index contributed by atoms with van der Waals surface area (Å²) in [6, 6.07) is 16.1. The summed E-state index contributed by atoms with van der Waals surface area (Å²) in [7, 11) is 1.71. The minimum Gasteiger partial charge on any atom is -0.495 e. The maximum Gasteiger partial charge on any atom is 0.142 e. The molecule has 2 N–H and O–H groups in total. The number of nitrogens with one attached hydrogen (secondary N) is 1. The molecule has 2 aliphatic rings. The van der Waals surface area contributed by atoms with Crippen molar-refractivity contribution >= 4 is 11.9 Å². The van der Waals surface area contributed by atoms with Crippen LogP contribution in [0.15, 0.2) is 53.6 Å². The zero-order chi connectivity index (χ0) is 19.3. The van der Waals surface area contributed by atoms with Gasteiger partial charge in [0, 0.05) is 44.1 Å². The number of piperazine rings is 1. The lowest BCUT2D eigenvalue weighted by molar-refractivity contribution is 0.0764. The average Bonchev–Trinajstić information content (AvgIpc) is 2.74. The zero-order valence-corrected chi connectivity index (χ0v) is 16.2. The van der Waals surface area contributed by atoms with Crippen molar-refractivity contribution in [2.75, 3.05) is 51.3 Å². The molecule has 28 heavy (non-hydrogen) atoms. The number of para-hydroxylation sites is 3. The molecule has 0 saturated carbocycles. The van der Waals surface area contributed by atoms with Crippen LogP contribution in [0, 0.1) is 0 Å². The Morgan fingerprint density at radius 1 is 1.04 bits per heavy atom. The second kappa shape index (κ2) is 8.50. The van der Waals surface area contributed by atoms with E-state index in [0.717, 1.165) is 48.2 Å². The third-order valence-electron chi connectivity index (χ3n) is 5.21. The van der Waals surface area contributed by atoms with Crippen LogP contribution in [0.2, 0.25) is 0 Å². The highest BCUT2D eigenvalue weighted by Gasteiger charge is 2.22. The molecule has 0 aromatic heterocycles. The van der Waals surface area contributed by atoms with Crippen LogP contribution >= 0.6 is 0 Å². The first kappa shape index (κ1) is 18.6. The fourth-order valence-electron chi connectivity index (χ4n) is 3.75. The van der Waals surface area contributed by atoms with Gasteiger partial charge in [0.25, 0.3) is 0 Å². The van der Waals surface area contributed by atoms with Crippen LogP contribution in [-0.4, -0.2) is 67.5 Å². The molecule has 2 aromatic rings. The van der Waals surface area contributed by atoms with E-state index in [-0.39, 0.29) is 0 Å². The highest BCUT2D eigenvalue weighted by atomic mass is 16.5. The molecule has 7 heteroatoms. The van der Waals surface area contributed by atoms with E-state index in [0.29, 0.717) is 13.1 Å². The molecule has 0 bridgehead atoms. The molecular weight excluding hydrogens is 354 g/mol. The average molecular weight is 381 g/mol. The van der Waals surface area contributed by atoms with Crippen molar-refractivity contribution < 1.29 is 9.84 Å². The number of aliphatic hydroxyl groups excluding tert-OH is 1. The summed E-state index contributed by atoms with van der Waals surface area (Å²) in [5, 5.41) is 18.7. The molecule has 2 aliphatic heterocycles. The summed E-state index contributed by atoms with van der Waals surface area (Å²) in [5.41, 5.74) is 4.12. The van der Waals surface area contributed by atoms with Crippen LogP contribution in [0.25, 0.3) is 6.20 Å². The molecule has 2 aromatic carbocycles. The van der Waals surface area contributed by atoms with Crippen LogP contribution in [0.1, 0.15) is 0 Å². The summed E-state index contributed by atoms with van der Waals surface area (Å²) in [6.45, 7) is 4.81. The van der Waals surface area contributed by atoms with E-state index in [1.807, 2.05) is 53.7 Å². The van der Waals surface area contributed by atoms with E-state index in [4.69, 9.17) is 4.74 Å². The maximum absolute atomic E-state index is 10.5. The lowest BCUT2D eigenvalue weighted by atomic mass is 10.2. The second-order valence-corrected chi connectivity index (χ2v) is 7.17. The molecule has 148 valence electrons. The van der Waals surface area contributed by atoms with E-state index in [1.165, 1.54) is 0 Å². The first-order valence-electron chi connectivity index (χ1n) is 9.68. The Hall–Kier alpha value is -2.77. The van der Waals surface area contributed by atoms with Crippen LogP contribution in [0.3, 0.4) is 0 Å². The molecule has 0 radical (unpaired) electrons. The van der Waals surface area contributed by atoms with Gasteiger partial charge in [-0.1, -0.05) is 30.3 Å². The number of anilines is 1. The normalized spacial score (nSPS) is 17.8. The Bertz CT molecular complexity index is 911. The van der Waals surface area contributed by atoms with Gasteiger partial charge in [-0.05, 0) is 18.2 Å². The van der Waals surface area contributed by atoms with Crippen molar-refractivity contribution in [3.05, 3.63) is 59.1 Å². The molecule has 1 atom stereocenters. The number of hydrogen-bond acceptors (Lipinski definition) is 7. The first-order chi connectivity index (χ1) is 13.7. The number of benzene rings is 2. The van der Waals surface area contributed by atoms with E-state index in [1.54, 1.807) is 7.11 Å². The van der Waals surface area contributed by atoms with E-state index in [2.05, 4.69) is 26.5 Å².